The van der Waals surface area contributed by atoms with Crippen LogP contribution in [0.4, 0.5) is 18.0 Å². The highest BCUT2D eigenvalue weighted by molar-refractivity contribution is 8.00. The zero-order valence-corrected chi connectivity index (χ0v) is 12.6. The number of thioether (sulfide) groups is 1. The number of likely N-dealkylation sites (tertiary alicyclic amines) is 1. The van der Waals surface area contributed by atoms with Crippen LogP contribution in [-0.2, 0) is 6.18 Å². The van der Waals surface area contributed by atoms with Gasteiger partial charge in [-0.1, -0.05) is 6.07 Å². The second-order valence-corrected chi connectivity index (χ2v) is 6.13. The molecule has 0 unspecified atom stereocenters. The summed E-state index contributed by atoms with van der Waals surface area (Å²) in [7, 11) is 0. The van der Waals surface area contributed by atoms with E-state index in [0.717, 1.165) is 12.1 Å². The van der Waals surface area contributed by atoms with Crippen molar-refractivity contribution in [2.75, 3.05) is 13.1 Å². The van der Waals surface area contributed by atoms with Crippen molar-refractivity contribution in [3.05, 3.63) is 29.8 Å². The van der Waals surface area contributed by atoms with Crippen molar-refractivity contribution in [2.24, 2.45) is 0 Å². The molecule has 21 heavy (non-hydrogen) atoms. The number of nitrogens with one attached hydrogen (secondary N) is 1. The van der Waals surface area contributed by atoms with Gasteiger partial charge in [-0.15, -0.1) is 11.8 Å². The minimum absolute atomic E-state index is 0. The van der Waals surface area contributed by atoms with Crippen LogP contribution in [0.15, 0.2) is 29.2 Å². The number of piperidine rings is 1. The van der Waals surface area contributed by atoms with Gasteiger partial charge in [-0.2, -0.15) is 18.0 Å². The number of quaternary nitrogens is 1. The van der Waals surface area contributed by atoms with Crippen LogP contribution in [-0.4, -0.2) is 29.5 Å². The molecule has 1 aliphatic heterocycles. The maximum atomic E-state index is 12.6. The number of amides is 1. The zero-order chi connectivity index (χ0) is 14.8. The summed E-state index contributed by atoms with van der Waals surface area (Å²) in [5, 5.41) is 9.05. The third-order valence-corrected chi connectivity index (χ3v) is 4.63. The van der Waals surface area contributed by atoms with Crippen molar-refractivity contribution in [1.29, 1.82) is 0 Å². The van der Waals surface area contributed by atoms with Crippen molar-refractivity contribution < 1.29 is 40.4 Å². The van der Waals surface area contributed by atoms with E-state index in [1.807, 2.05) is 0 Å². The minimum Gasteiger partial charge on any atom is -1.00 e. The third-order valence-electron chi connectivity index (χ3n) is 3.30. The van der Waals surface area contributed by atoms with Crippen LogP contribution in [0, 0.1) is 0 Å². The van der Waals surface area contributed by atoms with Crippen molar-refractivity contribution in [3.63, 3.8) is 0 Å². The zero-order valence-electron chi connectivity index (χ0n) is 11.0. The maximum Gasteiger partial charge on any atom is 0.511 e. The summed E-state index contributed by atoms with van der Waals surface area (Å²) < 4.78 is 37.8. The first-order valence-electron chi connectivity index (χ1n) is 6.28. The van der Waals surface area contributed by atoms with Gasteiger partial charge in [0.2, 0.25) is 0 Å². The summed E-state index contributed by atoms with van der Waals surface area (Å²) in [5.41, 5.74) is -0.643. The lowest BCUT2D eigenvalue weighted by Crippen LogP contribution is -3.15. The molecule has 1 heterocycles. The van der Waals surface area contributed by atoms with E-state index >= 15 is 0 Å². The first-order chi connectivity index (χ1) is 9.36. The summed E-state index contributed by atoms with van der Waals surface area (Å²) in [4.78, 5) is 11.9. The summed E-state index contributed by atoms with van der Waals surface area (Å²) in [6, 6.07) is 5.28. The highest BCUT2D eigenvalue weighted by atomic mass is 35.5. The van der Waals surface area contributed by atoms with E-state index in [0.29, 0.717) is 35.7 Å². The highest BCUT2D eigenvalue weighted by Gasteiger charge is 2.31. The molecule has 0 aromatic heterocycles. The van der Waals surface area contributed by atoms with E-state index in [9.17, 15) is 18.0 Å². The Morgan fingerprint density at radius 1 is 1.29 bits per heavy atom. The number of benzene rings is 1. The van der Waals surface area contributed by atoms with Gasteiger partial charge in [0.05, 0.1) is 18.7 Å². The monoisotopic (exact) mass is 341 g/mol. The second-order valence-electron chi connectivity index (χ2n) is 4.75. The molecule has 0 bridgehead atoms. The molecule has 0 aliphatic carbocycles. The number of halogens is 4. The molecule has 8 heteroatoms. The van der Waals surface area contributed by atoms with Crippen LogP contribution in [0.1, 0.15) is 18.4 Å². The molecule has 0 spiro atoms. The molecular formula is C13H15ClF3NO2S. The molecule has 0 saturated carbocycles. The first kappa shape index (κ1) is 18.1. The lowest BCUT2D eigenvalue weighted by Gasteiger charge is -2.25. The fourth-order valence-electron chi connectivity index (χ4n) is 2.21. The Morgan fingerprint density at radius 3 is 2.43 bits per heavy atom. The highest BCUT2D eigenvalue weighted by Crippen LogP contribution is 2.34. The maximum absolute atomic E-state index is 12.6. The van der Waals surface area contributed by atoms with Crippen molar-refractivity contribution in [2.45, 2.75) is 29.2 Å². The molecule has 1 fully saturated rings. The van der Waals surface area contributed by atoms with Gasteiger partial charge in [-0.25, -0.2) is 4.90 Å². The topological polar surface area (TPSA) is 41.7 Å². The van der Waals surface area contributed by atoms with Crippen LogP contribution in [0.3, 0.4) is 0 Å². The lowest BCUT2D eigenvalue weighted by atomic mass is 10.1. The number of alkyl halides is 3. The predicted octanol–water partition coefficient (Wildman–Crippen LogP) is -0.473. The standard InChI is InChI=1S/C13H14F3NO2S.ClH/c14-13(15,16)9-2-1-3-11(8-9)20-10-4-6-17(7-5-10)12(18)19;/h1-3,8,10H,4-7H2,(H,18,19);1H. The van der Waals surface area contributed by atoms with Crippen molar-refractivity contribution in [3.8, 4) is 0 Å². The number of carbonyl (C=O) groups is 1. The van der Waals surface area contributed by atoms with Gasteiger partial charge in [0.25, 0.3) is 0 Å². The predicted molar refractivity (Wildman–Crippen MR) is 69.0 cm³/mol. The molecule has 1 aromatic rings. The quantitative estimate of drug-likeness (QED) is 0.764. The molecule has 2 N–H and O–H groups in total. The van der Waals surface area contributed by atoms with Gasteiger partial charge in [0.1, 0.15) is 0 Å². The number of hydrogen-bond acceptors (Lipinski definition) is 2. The van der Waals surface area contributed by atoms with Gasteiger partial charge in [-0.3, -0.25) is 0 Å². The molecule has 118 valence electrons. The summed E-state index contributed by atoms with van der Waals surface area (Å²) in [6.45, 7) is 1.04. The fourth-order valence-corrected chi connectivity index (χ4v) is 3.42. The second kappa shape index (κ2) is 7.38. The Morgan fingerprint density at radius 2 is 1.90 bits per heavy atom. The Kier molecular flexibility index (Phi) is 6.37. The summed E-state index contributed by atoms with van der Waals surface area (Å²) in [5.74, 6) is 0. The first-order valence-corrected chi connectivity index (χ1v) is 7.16. The van der Waals surface area contributed by atoms with Crippen LogP contribution < -0.4 is 17.3 Å². The van der Waals surface area contributed by atoms with Gasteiger partial charge in [0, 0.05) is 23.0 Å². The van der Waals surface area contributed by atoms with Gasteiger partial charge >= 0.3 is 12.3 Å². The third kappa shape index (κ3) is 5.09. The average Bonchev–Trinajstić information content (AvgIpc) is 2.38. The van der Waals surface area contributed by atoms with E-state index < -0.39 is 17.8 Å². The van der Waals surface area contributed by atoms with Gasteiger partial charge < -0.3 is 17.5 Å². The summed E-state index contributed by atoms with van der Waals surface area (Å²) >= 11 is 1.40. The molecule has 2 rings (SSSR count). The molecule has 1 saturated heterocycles. The Bertz CT molecular complexity index is 491. The van der Waals surface area contributed by atoms with Crippen LogP contribution in [0.5, 0.6) is 0 Å². The van der Waals surface area contributed by atoms with Gasteiger partial charge in [0.15, 0.2) is 0 Å². The molecule has 0 radical (unpaired) electrons. The van der Waals surface area contributed by atoms with E-state index in [2.05, 4.69) is 0 Å². The lowest BCUT2D eigenvalue weighted by molar-refractivity contribution is -0.828. The van der Waals surface area contributed by atoms with E-state index in [-0.39, 0.29) is 17.7 Å². The molecule has 1 amide bonds. The fraction of sp³-hybridized carbons (Fsp3) is 0.462. The SMILES string of the molecule is O=C(O)[NH+]1CCC(Sc2cccc(C(F)(F)F)c2)CC1.[Cl-]. The van der Waals surface area contributed by atoms with E-state index in [4.69, 9.17) is 5.11 Å². The van der Waals surface area contributed by atoms with E-state index in [1.54, 1.807) is 6.07 Å². The normalized spacial score (nSPS) is 22.4. The smallest absolute Gasteiger partial charge is 0.511 e. The Hall–Kier alpha value is -0.920. The Balaban J connectivity index is 0.00000220. The van der Waals surface area contributed by atoms with Crippen LogP contribution in [0.25, 0.3) is 0 Å². The largest absolute Gasteiger partial charge is 1.00 e. The van der Waals surface area contributed by atoms with Crippen LogP contribution >= 0.6 is 11.8 Å². The molecule has 1 aliphatic rings. The van der Waals surface area contributed by atoms with Crippen LogP contribution in [0.2, 0.25) is 0 Å². The minimum atomic E-state index is -4.33. The molecule has 0 atom stereocenters. The molecular weight excluding hydrogens is 327 g/mol. The average molecular weight is 342 g/mol. The molecule has 3 nitrogen and oxygen atoms in total. The van der Waals surface area contributed by atoms with Crippen molar-refractivity contribution >= 4 is 17.9 Å². The number of rotatable bonds is 2. The Labute approximate surface area is 130 Å². The molecule has 1 aromatic carbocycles. The van der Waals surface area contributed by atoms with E-state index in [1.165, 1.54) is 17.8 Å². The number of hydrogen-bond donors (Lipinski definition) is 2. The van der Waals surface area contributed by atoms with Crippen molar-refractivity contribution in [1.82, 2.24) is 0 Å². The number of carboxylic acid groups (broad SMARTS) is 1. The van der Waals surface area contributed by atoms with Gasteiger partial charge in [-0.05, 0) is 18.2 Å². The summed E-state index contributed by atoms with van der Waals surface area (Å²) in [6.07, 6.45) is -3.79.